The molecule has 5 nitrogen and oxygen atoms in total. The summed E-state index contributed by atoms with van der Waals surface area (Å²) in [5, 5.41) is 10.2. The highest BCUT2D eigenvalue weighted by atomic mass is 35.5. The van der Waals surface area contributed by atoms with Crippen LogP contribution in [0.1, 0.15) is 12.8 Å². The zero-order valence-electron chi connectivity index (χ0n) is 11.5. The molecule has 1 atom stereocenters. The number of hydrogen-bond acceptors (Lipinski definition) is 5. The van der Waals surface area contributed by atoms with Gasteiger partial charge >= 0.3 is 5.97 Å². The third-order valence-electron chi connectivity index (χ3n) is 2.50. The lowest BCUT2D eigenvalue weighted by atomic mass is 10.2. The summed E-state index contributed by atoms with van der Waals surface area (Å²) in [5.74, 6) is -0.212. The van der Waals surface area contributed by atoms with Crippen molar-refractivity contribution in [2.24, 2.45) is 0 Å². The summed E-state index contributed by atoms with van der Waals surface area (Å²) in [6, 6.07) is 6.67. The van der Waals surface area contributed by atoms with E-state index in [1.807, 2.05) is 0 Å². The van der Waals surface area contributed by atoms with Gasteiger partial charge in [0.05, 0.1) is 6.42 Å². The van der Waals surface area contributed by atoms with Gasteiger partial charge in [0.1, 0.15) is 25.1 Å². The van der Waals surface area contributed by atoms with E-state index in [9.17, 15) is 14.7 Å². The Morgan fingerprint density at radius 3 is 2.52 bits per heavy atom. The normalized spacial score (nSPS) is 11.5. The van der Waals surface area contributed by atoms with Crippen molar-refractivity contribution in [3.05, 3.63) is 41.9 Å². The fourth-order valence-corrected chi connectivity index (χ4v) is 1.49. The molecule has 0 fully saturated rings. The highest BCUT2D eigenvalue weighted by Crippen LogP contribution is 2.15. The zero-order valence-corrected chi connectivity index (χ0v) is 12.2. The van der Waals surface area contributed by atoms with E-state index >= 15 is 0 Å². The topological polar surface area (TPSA) is 72.8 Å². The molecule has 0 saturated heterocycles. The molecule has 0 saturated carbocycles. The van der Waals surface area contributed by atoms with Gasteiger partial charge in [-0.25, -0.2) is 0 Å². The third kappa shape index (κ3) is 7.48. The molecular formula is C15H17ClO5. The molecule has 0 aromatic heterocycles. The number of aliphatic hydroxyl groups is 1. The van der Waals surface area contributed by atoms with E-state index < -0.39 is 12.1 Å². The number of halogens is 1. The van der Waals surface area contributed by atoms with E-state index in [1.165, 1.54) is 0 Å². The second-order valence-corrected chi connectivity index (χ2v) is 4.71. The lowest BCUT2D eigenvalue weighted by Gasteiger charge is -2.12. The molecule has 0 amide bonds. The molecule has 0 aliphatic rings. The maximum Gasteiger partial charge on any atom is 0.306 e. The van der Waals surface area contributed by atoms with Crippen molar-refractivity contribution in [2.45, 2.75) is 18.9 Å². The predicted octanol–water partition coefficient (Wildman–Crippen LogP) is 2.16. The summed E-state index contributed by atoms with van der Waals surface area (Å²) in [7, 11) is 0. The van der Waals surface area contributed by atoms with Gasteiger partial charge in [0.2, 0.25) is 0 Å². The molecule has 0 radical (unpaired) electrons. The molecule has 114 valence electrons. The molecule has 1 N–H and O–H groups in total. The zero-order chi connectivity index (χ0) is 15.7. The van der Waals surface area contributed by atoms with Gasteiger partial charge in [-0.05, 0) is 30.3 Å². The van der Waals surface area contributed by atoms with Crippen LogP contribution in [0.15, 0.2) is 36.9 Å². The Kier molecular flexibility index (Phi) is 7.50. The molecule has 21 heavy (non-hydrogen) atoms. The number of ether oxygens (including phenoxy) is 2. The highest BCUT2D eigenvalue weighted by Gasteiger charge is 2.11. The summed E-state index contributed by atoms with van der Waals surface area (Å²) in [5.41, 5.74) is 0. The maximum atomic E-state index is 11.3. The molecule has 1 unspecified atom stereocenters. The van der Waals surface area contributed by atoms with Gasteiger partial charge in [0.15, 0.2) is 5.78 Å². The number of ketones is 1. The number of benzene rings is 1. The van der Waals surface area contributed by atoms with Crippen molar-refractivity contribution in [3.63, 3.8) is 0 Å². The standard InChI is InChI=1S/C15H17ClO5/c1-2-12(17)5-8-15(19)21-10-13(18)9-20-14-6-3-11(16)4-7-14/h2-4,6-7,13,18H,1,5,8-10H2. The van der Waals surface area contributed by atoms with Crippen LogP contribution in [0.4, 0.5) is 0 Å². The number of aliphatic hydroxyl groups excluding tert-OH is 1. The number of carbonyl (C=O) groups excluding carboxylic acids is 2. The van der Waals surface area contributed by atoms with Crippen LogP contribution in [0.5, 0.6) is 5.75 Å². The van der Waals surface area contributed by atoms with Crippen LogP contribution < -0.4 is 4.74 Å². The molecule has 0 bridgehead atoms. The van der Waals surface area contributed by atoms with Crippen LogP contribution in [0.25, 0.3) is 0 Å². The van der Waals surface area contributed by atoms with E-state index in [1.54, 1.807) is 24.3 Å². The number of esters is 1. The first kappa shape index (κ1) is 17.2. The van der Waals surface area contributed by atoms with Gasteiger partial charge in [-0.3, -0.25) is 9.59 Å². The van der Waals surface area contributed by atoms with Gasteiger partial charge in [-0.1, -0.05) is 18.2 Å². The van der Waals surface area contributed by atoms with Crippen LogP contribution in [0, 0.1) is 0 Å². The van der Waals surface area contributed by atoms with E-state index in [-0.39, 0.29) is 31.8 Å². The van der Waals surface area contributed by atoms with Crippen LogP contribution in [-0.2, 0) is 14.3 Å². The fourth-order valence-electron chi connectivity index (χ4n) is 1.36. The molecule has 0 heterocycles. The first-order valence-electron chi connectivity index (χ1n) is 6.38. The molecular weight excluding hydrogens is 296 g/mol. The Morgan fingerprint density at radius 2 is 1.90 bits per heavy atom. The summed E-state index contributed by atoms with van der Waals surface area (Å²) in [6.45, 7) is 3.11. The predicted molar refractivity (Wildman–Crippen MR) is 78.4 cm³/mol. The molecule has 0 aliphatic heterocycles. The molecule has 0 aliphatic carbocycles. The van der Waals surface area contributed by atoms with Crippen molar-refractivity contribution in [1.82, 2.24) is 0 Å². The van der Waals surface area contributed by atoms with Gasteiger partial charge in [-0.15, -0.1) is 0 Å². The summed E-state index contributed by atoms with van der Waals surface area (Å²) in [6.07, 6.45) is 0.233. The Bertz CT molecular complexity index is 483. The van der Waals surface area contributed by atoms with E-state index in [4.69, 9.17) is 21.1 Å². The highest BCUT2D eigenvalue weighted by molar-refractivity contribution is 6.30. The van der Waals surface area contributed by atoms with Crippen molar-refractivity contribution in [1.29, 1.82) is 0 Å². The molecule has 0 spiro atoms. The Balaban J connectivity index is 2.20. The van der Waals surface area contributed by atoms with Crippen molar-refractivity contribution < 1.29 is 24.2 Å². The van der Waals surface area contributed by atoms with E-state index in [2.05, 4.69) is 6.58 Å². The first-order valence-corrected chi connectivity index (χ1v) is 6.76. The monoisotopic (exact) mass is 312 g/mol. The minimum absolute atomic E-state index is 0.0134. The smallest absolute Gasteiger partial charge is 0.306 e. The van der Waals surface area contributed by atoms with Crippen LogP contribution >= 0.6 is 11.6 Å². The summed E-state index contributed by atoms with van der Waals surface area (Å²) in [4.78, 5) is 22.2. The molecule has 1 aromatic rings. The SMILES string of the molecule is C=CC(=O)CCC(=O)OCC(O)COc1ccc(Cl)cc1. The molecule has 6 heteroatoms. The average molecular weight is 313 g/mol. The lowest BCUT2D eigenvalue weighted by Crippen LogP contribution is -2.25. The van der Waals surface area contributed by atoms with Crippen LogP contribution in [-0.4, -0.2) is 36.2 Å². The second-order valence-electron chi connectivity index (χ2n) is 4.27. The van der Waals surface area contributed by atoms with Crippen molar-refractivity contribution >= 4 is 23.4 Å². The Hall–Kier alpha value is -1.85. The minimum Gasteiger partial charge on any atom is -0.491 e. The molecule has 1 aromatic carbocycles. The van der Waals surface area contributed by atoms with Gasteiger partial charge < -0.3 is 14.6 Å². The fraction of sp³-hybridized carbons (Fsp3) is 0.333. The average Bonchev–Trinajstić information content (AvgIpc) is 2.49. The van der Waals surface area contributed by atoms with E-state index in [0.717, 1.165) is 6.08 Å². The van der Waals surface area contributed by atoms with Gasteiger partial charge in [-0.2, -0.15) is 0 Å². The Morgan fingerprint density at radius 1 is 1.24 bits per heavy atom. The summed E-state index contributed by atoms with van der Waals surface area (Å²) < 4.78 is 10.1. The number of allylic oxidation sites excluding steroid dienone is 1. The minimum atomic E-state index is -0.945. The lowest BCUT2D eigenvalue weighted by molar-refractivity contribution is -0.147. The van der Waals surface area contributed by atoms with Crippen molar-refractivity contribution in [3.8, 4) is 5.75 Å². The van der Waals surface area contributed by atoms with Gasteiger partial charge in [0.25, 0.3) is 0 Å². The maximum absolute atomic E-state index is 11.3. The van der Waals surface area contributed by atoms with Gasteiger partial charge in [0, 0.05) is 11.4 Å². The number of hydrogen-bond donors (Lipinski definition) is 1. The molecule has 1 rings (SSSR count). The number of carbonyl (C=O) groups is 2. The van der Waals surface area contributed by atoms with Crippen LogP contribution in [0.3, 0.4) is 0 Å². The van der Waals surface area contributed by atoms with Crippen LogP contribution in [0.2, 0.25) is 5.02 Å². The van der Waals surface area contributed by atoms with E-state index in [0.29, 0.717) is 10.8 Å². The Labute approximate surface area is 128 Å². The largest absolute Gasteiger partial charge is 0.491 e. The first-order chi connectivity index (χ1) is 10.0. The number of rotatable bonds is 9. The summed E-state index contributed by atoms with van der Waals surface area (Å²) >= 11 is 5.73. The third-order valence-corrected chi connectivity index (χ3v) is 2.75. The van der Waals surface area contributed by atoms with Crippen molar-refractivity contribution in [2.75, 3.05) is 13.2 Å². The quantitative estimate of drug-likeness (QED) is 0.559. The second kappa shape index (κ2) is 9.15.